The van der Waals surface area contributed by atoms with E-state index in [4.69, 9.17) is 15.2 Å². The second-order valence-corrected chi connectivity index (χ2v) is 13.7. The molecule has 2 aromatic carbocycles. The molecule has 2 saturated heterocycles. The third-order valence-electron chi connectivity index (χ3n) is 9.20. The fourth-order valence-electron chi connectivity index (χ4n) is 6.53. The standard InChI is InChI=1S/C32H39N5O5S/c1-21-5-4-6-27(31(21)33)32(38)35-13-11-25(12-14-35)36-15-16-37(22(2)19-36)23(3)24-7-10-30(34-18-24)43(39,40)26-8-9-28-29(17-26)42-20-41-28/h4-10,17-18,22-23,25H,11-16,19-20,33H2,1-3H3/t22-,23+/m1/s1. The topological polar surface area (TPSA) is 118 Å². The summed E-state index contributed by atoms with van der Waals surface area (Å²) in [6.45, 7) is 10.7. The quantitative estimate of drug-likeness (QED) is 0.417. The van der Waals surface area contributed by atoms with E-state index in [0.29, 0.717) is 34.8 Å². The Morgan fingerprint density at radius 3 is 2.51 bits per heavy atom. The highest BCUT2D eigenvalue weighted by Crippen LogP contribution is 2.35. The van der Waals surface area contributed by atoms with E-state index in [1.165, 1.54) is 12.1 Å². The van der Waals surface area contributed by atoms with Gasteiger partial charge in [0.05, 0.1) is 10.5 Å². The Morgan fingerprint density at radius 2 is 1.79 bits per heavy atom. The summed E-state index contributed by atoms with van der Waals surface area (Å²) in [5.74, 6) is 0.982. The van der Waals surface area contributed by atoms with Crippen LogP contribution in [0.5, 0.6) is 11.5 Å². The highest BCUT2D eigenvalue weighted by molar-refractivity contribution is 7.91. The van der Waals surface area contributed by atoms with Crippen LogP contribution < -0.4 is 15.2 Å². The number of nitrogens with two attached hydrogens (primary N) is 1. The fourth-order valence-corrected chi connectivity index (χ4v) is 7.72. The Labute approximate surface area is 253 Å². The number of nitrogens with zero attached hydrogens (tertiary/aromatic N) is 4. The van der Waals surface area contributed by atoms with Crippen molar-refractivity contribution in [3.05, 3.63) is 71.4 Å². The minimum absolute atomic E-state index is 0.00934. The molecule has 0 spiro atoms. The number of para-hydroxylation sites is 1. The number of nitrogen functional groups attached to an aromatic ring is 1. The zero-order valence-electron chi connectivity index (χ0n) is 24.9. The maximum atomic E-state index is 13.2. The van der Waals surface area contributed by atoms with Crippen LogP contribution in [0.1, 0.15) is 54.2 Å². The Balaban J connectivity index is 1.04. The zero-order valence-corrected chi connectivity index (χ0v) is 25.7. The molecule has 0 bridgehead atoms. The van der Waals surface area contributed by atoms with E-state index in [0.717, 1.165) is 56.7 Å². The summed E-state index contributed by atoms with van der Waals surface area (Å²) >= 11 is 0. The lowest BCUT2D eigenvalue weighted by Crippen LogP contribution is -2.57. The van der Waals surface area contributed by atoms with Crippen molar-refractivity contribution in [3.8, 4) is 11.5 Å². The number of likely N-dealkylation sites (tertiary alicyclic amines) is 1. The predicted octanol–water partition coefficient (Wildman–Crippen LogP) is 3.91. The van der Waals surface area contributed by atoms with Crippen LogP contribution in [0.3, 0.4) is 0 Å². The molecule has 1 amide bonds. The van der Waals surface area contributed by atoms with E-state index < -0.39 is 9.84 Å². The number of ether oxygens (including phenoxy) is 2. The van der Waals surface area contributed by atoms with Gasteiger partial charge in [-0.25, -0.2) is 13.4 Å². The molecule has 3 aromatic rings. The molecule has 228 valence electrons. The van der Waals surface area contributed by atoms with Gasteiger partial charge in [0, 0.05) is 68.8 Å². The van der Waals surface area contributed by atoms with Crippen molar-refractivity contribution in [2.24, 2.45) is 0 Å². The van der Waals surface area contributed by atoms with Crippen LogP contribution in [-0.4, -0.2) is 85.6 Å². The lowest BCUT2D eigenvalue weighted by molar-refractivity contribution is 0.0135. The van der Waals surface area contributed by atoms with Crippen molar-refractivity contribution in [2.75, 3.05) is 45.3 Å². The second-order valence-electron chi connectivity index (χ2n) is 11.8. The first kappa shape index (κ1) is 29.4. The molecule has 4 heterocycles. The number of pyridine rings is 1. The normalized spacial score (nSPS) is 20.7. The van der Waals surface area contributed by atoms with Crippen molar-refractivity contribution >= 4 is 21.4 Å². The van der Waals surface area contributed by atoms with Crippen LogP contribution in [0.15, 0.2) is 64.6 Å². The van der Waals surface area contributed by atoms with Crippen LogP contribution in [-0.2, 0) is 9.84 Å². The lowest BCUT2D eigenvalue weighted by atomic mass is 9.98. The van der Waals surface area contributed by atoms with Crippen molar-refractivity contribution < 1.29 is 22.7 Å². The first-order chi connectivity index (χ1) is 20.6. The number of hydrogen-bond donors (Lipinski definition) is 1. The number of fused-ring (bicyclic) bond motifs is 1. The van der Waals surface area contributed by atoms with Gasteiger partial charge in [0.1, 0.15) is 0 Å². The number of anilines is 1. The molecule has 0 aliphatic carbocycles. The van der Waals surface area contributed by atoms with E-state index in [9.17, 15) is 13.2 Å². The summed E-state index contributed by atoms with van der Waals surface area (Å²) in [4.78, 5) is 24.6. The number of carbonyl (C=O) groups excluding carboxylic acids is 1. The number of amides is 1. The molecule has 2 N–H and O–H groups in total. The first-order valence-corrected chi connectivity index (χ1v) is 16.4. The summed E-state index contributed by atoms with van der Waals surface area (Å²) in [6, 6.07) is 14.6. The molecule has 2 fully saturated rings. The molecule has 3 aliphatic rings. The average molecular weight is 606 g/mol. The van der Waals surface area contributed by atoms with Crippen molar-refractivity contribution in [2.45, 2.75) is 61.7 Å². The smallest absolute Gasteiger partial charge is 0.255 e. The zero-order chi connectivity index (χ0) is 30.3. The van der Waals surface area contributed by atoms with Crippen LogP contribution in [0.4, 0.5) is 5.69 Å². The fraction of sp³-hybridized carbons (Fsp3) is 0.438. The average Bonchev–Trinajstić information content (AvgIpc) is 3.50. The molecule has 2 atom stereocenters. The van der Waals surface area contributed by atoms with Gasteiger partial charge in [0.15, 0.2) is 16.5 Å². The number of piperidine rings is 1. The number of sulfone groups is 1. The Hall–Kier alpha value is -3.67. The van der Waals surface area contributed by atoms with Gasteiger partial charge in [0.25, 0.3) is 5.91 Å². The van der Waals surface area contributed by atoms with Crippen LogP contribution in [0.25, 0.3) is 0 Å². The van der Waals surface area contributed by atoms with Gasteiger partial charge in [-0.3, -0.25) is 14.6 Å². The highest BCUT2D eigenvalue weighted by atomic mass is 32.2. The van der Waals surface area contributed by atoms with Gasteiger partial charge in [-0.05, 0) is 69.0 Å². The van der Waals surface area contributed by atoms with E-state index in [1.54, 1.807) is 18.3 Å². The van der Waals surface area contributed by atoms with Crippen LogP contribution >= 0.6 is 0 Å². The Bertz CT molecular complexity index is 1600. The number of aryl methyl sites for hydroxylation is 1. The van der Waals surface area contributed by atoms with Crippen LogP contribution in [0, 0.1) is 6.92 Å². The summed E-state index contributed by atoms with van der Waals surface area (Å²) in [5, 5.41) is 0.00934. The lowest BCUT2D eigenvalue weighted by Gasteiger charge is -2.47. The summed E-state index contributed by atoms with van der Waals surface area (Å²) in [5.41, 5.74) is 9.28. The van der Waals surface area contributed by atoms with E-state index in [1.807, 2.05) is 36.1 Å². The monoisotopic (exact) mass is 605 g/mol. The number of aromatic nitrogens is 1. The third-order valence-corrected chi connectivity index (χ3v) is 10.9. The summed E-state index contributed by atoms with van der Waals surface area (Å²) in [6.07, 6.45) is 3.57. The third kappa shape index (κ3) is 5.69. The number of rotatable bonds is 6. The minimum Gasteiger partial charge on any atom is -0.454 e. The highest BCUT2D eigenvalue weighted by Gasteiger charge is 2.34. The van der Waals surface area contributed by atoms with Crippen LogP contribution in [0.2, 0.25) is 0 Å². The molecular weight excluding hydrogens is 566 g/mol. The molecular formula is C32H39N5O5S. The number of piperazine rings is 1. The molecule has 0 saturated carbocycles. The first-order valence-electron chi connectivity index (χ1n) is 14.9. The second kappa shape index (κ2) is 11.8. The number of carbonyl (C=O) groups is 1. The maximum Gasteiger partial charge on any atom is 0.255 e. The minimum atomic E-state index is -3.79. The van der Waals surface area contributed by atoms with Crippen molar-refractivity contribution in [3.63, 3.8) is 0 Å². The van der Waals surface area contributed by atoms with Gasteiger partial charge >= 0.3 is 0 Å². The molecule has 10 nitrogen and oxygen atoms in total. The van der Waals surface area contributed by atoms with E-state index in [-0.39, 0.29) is 28.7 Å². The van der Waals surface area contributed by atoms with E-state index in [2.05, 4.69) is 28.6 Å². The Morgan fingerprint density at radius 1 is 1.02 bits per heavy atom. The van der Waals surface area contributed by atoms with Crippen molar-refractivity contribution in [1.29, 1.82) is 0 Å². The molecule has 0 radical (unpaired) electrons. The summed E-state index contributed by atoms with van der Waals surface area (Å²) < 4.78 is 37.1. The summed E-state index contributed by atoms with van der Waals surface area (Å²) in [7, 11) is -3.79. The number of benzene rings is 2. The van der Waals surface area contributed by atoms with Crippen molar-refractivity contribution in [1.82, 2.24) is 19.7 Å². The largest absolute Gasteiger partial charge is 0.454 e. The molecule has 1 aromatic heterocycles. The molecule has 11 heteroatoms. The molecule has 6 rings (SSSR count). The maximum absolute atomic E-state index is 13.2. The van der Waals surface area contributed by atoms with Gasteiger partial charge in [0.2, 0.25) is 16.6 Å². The van der Waals surface area contributed by atoms with Gasteiger partial charge < -0.3 is 20.1 Å². The van der Waals surface area contributed by atoms with Gasteiger partial charge in [-0.15, -0.1) is 0 Å². The Kier molecular flexibility index (Phi) is 8.06. The molecule has 43 heavy (non-hydrogen) atoms. The van der Waals surface area contributed by atoms with Gasteiger partial charge in [-0.2, -0.15) is 0 Å². The molecule has 3 aliphatic heterocycles. The molecule has 0 unspecified atom stereocenters. The predicted molar refractivity (Wildman–Crippen MR) is 163 cm³/mol. The van der Waals surface area contributed by atoms with E-state index >= 15 is 0 Å². The van der Waals surface area contributed by atoms with Gasteiger partial charge in [-0.1, -0.05) is 18.2 Å². The SMILES string of the molecule is Cc1cccc(C(=O)N2CCC(N3CCN([C@@H](C)c4ccc(S(=O)(=O)c5ccc6c(c5)OCO6)nc4)[C@H](C)C3)CC2)c1N. The number of hydrogen-bond acceptors (Lipinski definition) is 9.